The third-order valence-corrected chi connectivity index (χ3v) is 8.74. The Kier molecular flexibility index (Phi) is 7.68. The molecule has 1 saturated heterocycles. The van der Waals surface area contributed by atoms with Crippen LogP contribution in [0.4, 0.5) is 5.82 Å². The highest BCUT2D eigenvalue weighted by atomic mass is 35.5. The second-order valence-corrected chi connectivity index (χ2v) is 12.7. The van der Waals surface area contributed by atoms with Crippen LogP contribution in [0, 0.1) is 0 Å². The fourth-order valence-electron chi connectivity index (χ4n) is 4.78. The number of amides is 2. The molecule has 3 aromatic rings. The van der Waals surface area contributed by atoms with Crippen LogP contribution in [0.2, 0.25) is 5.02 Å². The number of thiophene rings is 1. The number of thioether (sulfide) groups is 1. The maximum Gasteiger partial charge on any atom is 0.240 e. The van der Waals surface area contributed by atoms with Crippen molar-refractivity contribution in [1.29, 1.82) is 0 Å². The maximum atomic E-state index is 13.6. The molecule has 2 atom stereocenters. The molecular formula is C27H31ClN4O3S2. The normalized spacial score (nSPS) is 20.1. The zero-order valence-electron chi connectivity index (χ0n) is 21.2. The van der Waals surface area contributed by atoms with Gasteiger partial charge in [-0.15, -0.1) is 11.8 Å². The Bertz CT molecular complexity index is 1280. The van der Waals surface area contributed by atoms with Crippen LogP contribution in [-0.4, -0.2) is 53.1 Å². The van der Waals surface area contributed by atoms with E-state index in [0.29, 0.717) is 17.4 Å². The van der Waals surface area contributed by atoms with Crippen molar-refractivity contribution in [3.63, 3.8) is 0 Å². The molecule has 0 bridgehead atoms. The smallest absolute Gasteiger partial charge is 0.240 e. The molecule has 0 saturated carbocycles. The number of hydrogen-bond donors (Lipinski definition) is 1. The summed E-state index contributed by atoms with van der Waals surface area (Å²) in [6.45, 7) is 7.45. The van der Waals surface area contributed by atoms with Crippen molar-refractivity contribution in [1.82, 2.24) is 15.1 Å². The van der Waals surface area contributed by atoms with Crippen LogP contribution in [0.15, 0.2) is 41.1 Å². The molecule has 1 aromatic carbocycles. The first-order valence-corrected chi connectivity index (χ1v) is 14.8. The van der Waals surface area contributed by atoms with Crippen LogP contribution in [0.1, 0.15) is 55.7 Å². The number of aromatic nitrogens is 2. The largest absolute Gasteiger partial charge is 0.376 e. The monoisotopic (exact) mass is 558 g/mol. The van der Waals surface area contributed by atoms with Gasteiger partial charge >= 0.3 is 0 Å². The van der Waals surface area contributed by atoms with Crippen molar-refractivity contribution >= 4 is 52.3 Å². The van der Waals surface area contributed by atoms with E-state index in [0.717, 1.165) is 42.0 Å². The molecule has 1 fully saturated rings. The van der Waals surface area contributed by atoms with Gasteiger partial charge in [0.15, 0.2) is 0 Å². The van der Waals surface area contributed by atoms with Gasteiger partial charge in [0.25, 0.3) is 0 Å². The number of rotatable bonds is 6. The van der Waals surface area contributed by atoms with E-state index in [1.165, 1.54) is 0 Å². The summed E-state index contributed by atoms with van der Waals surface area (Å²) in [6.07, 6.45) is 1.97. The molecule has 5 rings (SSSR count). The minimum Gasteiger partial charge on any atom is -0.376 e. The Balaban J connectivity index is 1.63. The molecule has 0 aliphatic carbocycles. The van der Waals surface area contributed by atoms with Gasteiger partial charge in [-0.3, -0.25) is 14.5 Å². The number of carbonyl (C=O) groups is 2. The average Bonchev–Trinajstić information content (AvgIpc) is 3.61. The number of benzene rings is 1. The Morgan fingerprint density at radius 1 is 1.30 bits per heavy atom. The molecule has 2 aliphatic rings. The average molecular weight is 559 g/mol. The molecular weight excluding hydrogens is 528 g/mol. The van der Waals surface area contributed by atoms with Crippen molar-refractivity contribution in [2.75, 3.05) is 30.3 Å². The first kappa shape index (κ1) is 26.3. The number of carbonyl (C=O) groups excluding carboxylic acids is 2. The molecule has 2 amide bonds. The van der Waals surface area contributed by atoms with Gasteiger partial charge in [-0.2, -0.15) is 16.4 Å². The summed E-state index contributed by atoms with van der Waals surface area (Å²) in [4.78, 5) is 28.4. The van der Waals surface area contributed by atoms with E-state index in [1.54, 1.807) is 32.7 Å². The van der Waals surface area contributed by atoms with Crippen LogP contribution in [-0.2, 0) is 19.7 Å². The van der Waals surface area contributed by atoms with Gasteiger partial charge in [0, 0.05) is 29.2 Å². The van der Waals surface area contributed by atoms with Gasteiger partial charge in [0.2, 0.25) is 11.8 Å². The Morgan fingerprint density at radius 3 is 2.81 bits per heavy atom. The van der Waals surface area contributed by atoms with Gasteiger partial charge in [-0.05, 0) is 53.4 Å². The molecule has 196 valence electrons. The fourth-order valence-corrected chi connectivity index (χ4v) is 6.93. The Hall–Kier alpha value is -2.33. The summed E-state index contributed by atoms with van der Waals surface area (Å²) in [5, 5.41) is 12.7. The molecule has 1 N–H and O–H groups in total. The lowest BCUT2D eigenvalue weighted by molar-refractivity contribution is -0.123. The second kappa shape index (κ2) is 10.8. The lowest BCUT2D eigenvalue weighted by atomic mass is 9.87. The van der Waals surface area contributed by atoms with E-state index in [-0.39, 0.29) is 40.9 Å². The van der Waals surface area contributed by atoms with Crippen molar-refractivity contribution in [2.45, 2.75) is 50.4 Å². The molecule has 10 heteroatoms. The number of nitrogens with zero attached hydrogens (tertiary/aromatic N) is 3. The van der Waals surface area contributed by atoms with Gasteiger partial charge in [0.1, 0.15) is 12.4 Å². The first-order chi connectivity index (χ1) is 17.7. The van der Waals surface area contributed by atoms with E-state index < -0.39 is 0 Å². The van der Waals surface area contributed by atoms with E-state index in [4.69, 9.17) is 21.4 Å². The second-order valence-electron chi connectivity index (χ2n) is 10.4. The minimum atomic E-state index is -0.302. The first-order valence-electron chi connectivity index (χ1n) is 12.4. The SMILES string of the molecule is CC(C)(C)c1nn(-c2cccc(Cl)c2)c2c1[C@@H](c1ccsc1)SCC(=O)N2CC(=O)NC[C@H]1CCCO1. The number of anilines is 1. The minimum absolute atomic E-state index is 0.0300. The number of nitrogens with one attached hydrogen (secondary N) is 1. The summed E-state index contributed by atoms with van der Waals surface area (Å²) >= 11 is 9.58. The third-order valence-electron chi connectivity index (χ3n) is 6.55. The van der Waals surface area contributed by atoms with E-state index in [9.17, 15) is 9.59 Å². The number of ether oxygens (including phenoxy) is 1. The summed E-state index contributed by atoms with van der Waals surface area (Å²) < 4.78 is 7.44. The summed E-state index contributed by atoms with van der Waals surface area (Å²) in [7, 11) is 0. The number of halogens is 1. The molecule has 0 unspecified atom stereocenters. The van der Waals surface area contributed by atoms with Crippen LogP contribution in [0.5, 0.6) is 0 Å². The zero-order valence-corrected chi connectivity index (χ0v) is 23.6. The lowest BCUT2D eigenvalue weighted by Crippen LogP contribution is -2.44. The van der Waals surface area contributed by atoms with Crippen LogP contribution < -0.4 is 10.2 Å². The summed E-state index contributed by atoms with van der Waals surface area (Å²) in [5.74, 6) is 0.545. The molecule has 37 heavy (non-hydrogen) atoms. The van der Waals surface area contributed by atoms with Crippen LogP contribution >= 0.6 is 34.7 Å². The highest BCUT2D eigenvalue weighted by molar-refractivity contribution is 8.00. The van der Waals surface area contributed by atoms with Crippen molar-refractivity contribution in [3.05, 3.63) is 62.9 Å². The highest BCUT2D eigenvalue weighted by Crippen LogP contribution is 2.48. The molecule has 4 heterocycles. The van der Waals surface area contributed by atoms with Crippen LogP contribution in [0.3, 0.4) is 0 Å². The van der Waals surface area contributed by atoms with Crippen molar-refractivity contribution < 1.29 is 14.3 Å². The topological polar surface area (TPSA) is 76.5 Å². The Morgan fingerprint density at radius 2 is 2.14 bits per heavy atom. The van der Waals surface area contributed by atoms with E-state index in [1.807, 2.05) is 24.3 Å². The van der Waals surface area contributed by atoms with Crippen molar-refractivity contribution in [2.24, 2.45) is 0 Å². The van der Waals surface area contributed by atoms with Crippen molar-refractivity contribution in [3.8, 4) is 5.69 Å². The third kappa shape index (κ3) is 5.60. The summed E-state index contributed by atoms with van der Waals surface area (Å²) in [5.41, 5.74) is 3.43. The van der Waals surface area contributed by atoms with Gasteiger partial charge in [0.05, 0.1) is 28.5 Å². The van der Waals surface area contributed by atoms with Gasteiger partial charge in [-0.1, -0.05) is 38.4 Å². The van der Waals surface area contributed by atoms with Gasteiger partial charge < -0.3 is 10.1 Å². The zero-order chi connectivity index (χ0) is 26.2. The fraction of sp³-hybridized carbons (Fsp3) is 0.444. The molecule has 2 aromatic heterocycles. The molecule has 2 aliphatic heterocycles. The number of fused-ring (bicyclic) bond motifs is 1. The van der Waals surface area contributed by atoms with Gasteiger partial charge in [-0.25, -0.2) is 4.68 Å². The quantitative estimate of drug-likeness (QED) is 0.441. The Labute approximate surface area is 230 Å². The van der Waals surface area contributed by atoms with E-state index >= 15 is 0 Å². The lowest BCUT2D eigenvalue weighted by Gasteiger charge is -2.24. The maximum absolute atomic E-state index is 13.6. The standard InChI is InChI=1S/C27H31ClN4O3S2/c1-27(2,3)25-23-24(17-9-11-36-15-17)37-16-22(34)31(14-21(33)29-13-20-8-5-10-35-20)26(23)32(30-25)19-7-4-6-18(28)12-19/h4,6-7,9,11-12,15,20,24H,5,8,10,13-14,16H2,1-3H3,(H,29,33)/t20-,24-/m1/s1. The molecule has 0 spiro atoms. The highest BCUT2D eigenvalue weighted by Gasteiger charge is 2.40. The summed E-state index contributed by atoms with van der Waals surface area (Å²) in [6, 6.07) is 9.53. The molecule has 7 nitrogen and oxygen atoms in total. The molecule has 0 radical (unpaired) electrons. The predicted octanol–water partition coefficient (Wildman–Crippen LogP) is 5.35. The van der Waals surface area contributed by atoms with E-state index in [2.05, 4.69) is 42.9 Å². The van der Waals surface area contributed by atoms with Crippen LogP contribution in [0.25, 0.3) is 5.69 Å². The predicted molar refractivity (Wildman–Crippen MR) is 150 cm³/mol. The number of hydrogen-bond acceptors (Lipinski definition) is 6.